The van der Waals surface area contributed by atoms with Gasteiger partial charge in [0.1, 0.15) is 18.1 Å². The van der Waals surface area contributed by atoms with Crippen molar-refractivity contribution in [2.45, 2.75) is 56.3 Å². The summed E-state index contributed by atoms with van der Waals surface area (Å²) in [6, 6.07) is 1.64. The van der Waals surface area contributed by atoms with Crippen molar-refractivity contribution in [3.05, 3.63) is 36.0 Å². The van der Waals surface area contributed by atoms with Gasteiger partial charge in [-0.05, 0) is 30.9 Å². The number of H-pyrrole nitrogens is 1. The molecule has 0 bridgehead atoms. The van der Waals surface area contributed by atoms with Crippen LogP contribution < -0.4 is 27.4 Å². The number of primary amides is 1. The first kappa shape index (κ1) is 30.7. The SMILES string of the molecule is NC(=O)CCC(NC(=O)C(CO)NC(=O)C(CCC(=O)O)NC(=O)C(N)Cc1c[nH]c2ccccc12)C(=O)O. The maximum atomic E-state index is 12.9. The second kappa shape index (κ2) is 14.4. The molecule has 2 aromatic rings. The van der Waals surface area contributed by atoms with Gasteiger partial charge in [0, 0.05) is 29.9 Å². The molecule has 0 saturated heterocycles. The molecule has 0 fully saturated rings. The second-order valence-corrected chi connectivity index (χ2v) is 8.81. The number of aromatic nitrogens is 1. The van der Waals surface area contributed by atoms with Gasteiger partial charge in [0.15, 0.2) is 0 Å². The van der Waals surface area contributed by atoms with Crippen LogP contribution in [0.5, 0.6) is 0 Å². The van der Waals surface area contributed by atoms with Gasteiger partial charge in [-0.15, -0.1) is 0 Å². The zero-order valence-electron chi connectivity index (χ0n) is 20.9. The van der Waals surface area contributed by atoms with E-state index < -0.39 is 72.8 Å². The first-order valence-corrected chi connectivity index (χ1v) is 12.0. The van der Waals surface area contributed by atoms with E-state index in [1.54, 1.807) is 6.20 Å². The molecule has 4 atom stereocenters. The standard InChI is InChI=1S/C24H32N6O9/c25-14(9-12-10-27-15-4-2-1-3-13(12)15)21(35)28-16(6-8-20(33)34)22(36)30-18(11-31)23(37)29-17(24(38)39)5-7-19(26)32/h1-4,10,14,16-18,27,31H,5-9,11,25H2,(H2,26,32)(H,28,35)(H,29,37)(H,30,36)(H,33,34)(H,38,39). The Morgan fingerprint density at radius 3 is 2.05 bits per heavy atom. The number of carbonyl (C=O) groups excluding carboxylic acids is 4. The predicted octanol–water partition coefficient (Wildman–Crippen LogP) is -2.30. The topological polar surface area (TPSA) is 267 Å². The third-order valence-electron chi connectivity index (χ3n) is 5.84. The Balaban J connectivity index is 2.08. The first-order valence-electron chi connectivity index (χ1n) is 12.0. The number of para-hydroxylation sites is 1. The zero-order chi connectivity index (χ0) is 29.1. The molecule has 0 spiro atoms. The highest BCUT2D eigenvalue weighted by Crippen LogP contribution is 2.18. The van der Waals surface area contributed by atoms with Crippen LogP contribution in [0.4, 0.5) is 0 Å². The molecular formula is C24H32N6O9. The molecule has 2 rings (SSSR count). The van der Waals surface area contributed by atoms with Crippen LogP contribution in [-0.4, -0.2) is 86.6 Å². The van der Waals surface area contributed by atoms with Gasteiger partial charge in [-0.2, -0.15) is 0 Å². The largest absolute Gasteiger partial charge is 0.481 e. The van der Waals surface area contributed by atoms with Crippen LogP contribution in [0.2, 0.25) is 0 Å². The number of aliphatic hydroxyl groups excluding tert-OH is 1. The molecule has 0 aliphatic rings. The highest BCUT2D eigenvalue weighted by atomic mass is 16.4. The minimum Gasteiger partial charge on any atom is -0.481 e. The third kappa shape index (κ3) is 9.39. The Morgan fingerprint density at radius 2 is 1.44 bits per heavy atom. The van der Waals surface area contributed by atoms with Crippen LogP contribution >= 0.6 is 0 Å². The highest BCUT2D eigenvalue weighted by Gasteiger charge is 2.30. The maximum Gasteiger partial charge on any atom is 0.326 e. The molecule has 4 amide bonds. The van der Waals surface area contributed by atoms with E-state index in [1.165, 1.54) is 0 Å². The number of aliphatic hydroxyl groups is 1. The van der Waals surface area contributed by atoms with Crippen molar-refractivity contribution in [3.63, 3.8) is 0 Å². The van der Waals surface area contributed by atoms with Gasteiger partial charge < -0.3 is 47.7 Å². The number of aromatic amines is 1. The lowest BCUT2D eigenvalue weighted by Crippen LogP contribution is -2.58. The summed E-state index contributed by atoms with van der Waals surface area (Å²) in [7, 11) is 0. The van der Waals surface area contributed by atoms with Crippen LogP contribution in [0, 0.1) is 0 Å². The average Bonchev–Trinajstić information content (AvgIpc) is 3.29. The van der Waals surface area contributed by atoms with Gasteiger partial charge >= 0.3 is 11.9 Å². The summed E-state index contributed by atoms with van der Waals surface area (Å²) in [5, 5.41) is 35.4. The summed E-state index contributed by atoms with van der Waals surface area (Å²) in [5.74, 6) is -6.34. The number of benzene rings is 1. The van der Waals surface area contributed by atoms with Crippen LogP contribution in [0.3, 0.4) is 0 Å². The number of carbonyl (C=O) groups is 6. The molecule has 212 valence electrons. The molecule has 4 unspecified atom stereocenters. The number of aliphatic carboxylic acids is 2. The molecule has 1 heterocycles. The van der Waals surface area contributed by atoms with Crippen molar-refractivity contribution in [1.82, 2.24) is 20.9 Å². The summed E-state index contributed by atoms with van der Waals surface area (Å²) in [6.45, 7) is -0.945. The highest BCUT2D eigenvalue weighted by molar-refractivity contribution is 5.94. The number of carboxylic acids is 2. The minimum atomic E-state index is -1.64. The van der Waals surface area contributed by atoms with Crippen LogP contribution in [0.25, 0.3) is 10.9 Å². The molecule has 0 radical (unpaired) electrons. The fourth-order valence-corrected chi connectivity index (χ4v) is 3.73. The molecule has 15 nitrogen and oxygen atoms in total. The lowest BCUT2D eigenvalue weighted by atomic mass is 10.0. The predicted molar refractivity (Wildman–Crippen MR) is 136 cm³/mol. The van der Waals surface area contributed by atoms with Gasteiger partial charge in [0.25, 0.3) is 0 Å². The van der Waals surface area contributed by atoms with Gasteiger partial charge in [-0.25, -0.2) is 4.79 Å². The summed E-state index contributed by atoms with van der Waals surface area (Å²) < 4.78 is 0. The van der Waals surface area contributed by atoms with Gasteiger partial charge in [-0.1, -0.05) is 18.2 Å². The molecule has 0 saturated carbocycles. The molecule has 0 aliphatic carbocycles. The first-order chi connectivity index (χ1) is 18.4. The monoisotopic (exact) mass is 548 g/mol. The summed E-state index contributed by atoms with van der Waals surface area (Å²) >= 11 is 0. The summed E-state index contributed by atoms with van der Waals surface area (Å²) in [5.41, 5.74) is 12.6. The minimum absolute atomic E-state index is 0.104. The van der Waals surface area contributed by atoms with Crippen molar-refractivity contribution >= 4 is 46.5 Å². The second-order valence-electron chi connectivity index (χ2n) is 8.81. The summed E-state index contributed by atoms with van der Waals surface area (Å²) in [4.78, 5) is 74.7. The van der Waals surface area contributed by atoms with E-state index in [2.05, 4.69) is 20.9 Å². The Labute approximate surface area is 222 Å². The quantitative estimate of drug-likeness (QED) is 0.108. The lowest BCUT2D eigenvalue weighted by Gasteiger charge is -2.24. The van der Waals surface area contributed by atoms with Crippen LogP contribution in [0.15, 0.2) is 30.5 Å². The molecule has 39 heavy (non-hydrogen) atoms. The smallest absolute Gasteiger partial charge is 0.326 e. The van der Waals surface area contributed by atoms with E-state index in [1.807, 2.05) is 24.3 Å². The number of nitrogens with one attached hydrogen (secondary N) is 4. The van der Waals surface area contributed by atoms with E-state index in [0.29, 0.717) is 0 Å². The molecule has 11 N–H and O–H groups in total. The fourth-order valence-electron chi connectivity index (χ4n) is 3.73. The Bertz CT molecular complexity index is 1210. The van der Waals surface area contributed by atoms with Crippen LogP contribution in [-0.2, 0) is 35.2 Å². The van der Waals surface area contributed by atoms with Crippen LogP contribution in [0.1, 0.15) is 31.2 Å². The van der Waals surface area contributed by atoms with E-state index in [0.717, 1.165) is 16.5 Å². The van der Waals surface area contributed by atoms with Crippen molar-refractivity contribution in [2.24, 2.45) is 11.5 Å². The number of hydrogen-bond acceptors (Lipinski definition) is 8. The number of carboxylic acid groups (broad SMARTS) is 2. The van der Waals surface area contributed by atoms with Crippen molar-refractivity contribution < 1.29 is 44.1 Å². The van der Waals surface area contributed by atoms with Gasteiger partial charge in [0.05, 0.1) is 12.6 Å². The van der Waals surface area contributed by atoms with Gasteiger partial charge in [-0.3, -0.25) is 24.0 Å². The molecule has 0 aliphatic heterocycles. The van der Waals surface area contributed by atoms with Crippen molar-refractivity contribution in [1.29, 1.82) is 0 Å². The third-order valence-corrected chi connectivity index (χ3v) is 5.84. The van der Waals surface area contributed by atoms with E-state index in [-0.39, 0.29) is 25.7 Å². The zero-order valence-corrected chi connectivity index (χ0v) is 20.9. The number of fused-ring (bicyclic) bond motifs is 1. The molecular weight excluding hydrogens is 516 g/mol. The molecule has 15 heteroatoms. The number of nitrogens with two attached hydrogens (primary N) is 2. The Hall–Kier alpha value is -4.50. The maximum absolute atomic E-state index is 12.9. The lowest BCUT2D eigenvalue weighted by molar-refractivity contribution is -0.143. The Morgan fingerprint density at radius 1 is 0.846 bits per heavy atom. The van der Waals surface area contributed by atoms with E-state index in [9.17, 15) is 39.0 Å². The Kier molecular flexibility index (Phi) is 11.4. The number of rotatable bonds is 16. The fraction of sp³-hybridized carbons (Fsp3) is 0.417. The van der Waals surface area contributed by atoms with E-state index in [4.69, 9.17) is 16.6 Å². The summed E-state index contributed by atoms with van der Waals surface area (Å²) in [6.07, 6.45) is 0.268. The van der Waals surface area contributed by atoms with Gasteiger partial charge in [0.2, 0.25) is 23.6 Å². The number of amides is 4. The van der Waals surface area contributed by atoms with Crippen molar-refractivity contribution in [2.75, 3.05) is 6.61 Å². The van der Waals surface area contributed by atoms with E-state index >= 15 is 0 Å². The molecule has 1 aromatic carbocycles. The van der Waals surface area contributed by atoms with Crippen molar-refractivity contribution in [3.8, 4) is 0 Å². The normalized spacial score (nSPS) is 14.0. The average molecular weight is 549 g/mol. The molecule has 1 aromatic heterocycles. The number of hydrogen-bond donors (Lipinski definition) is 9.